The maximum Gasteiger partial charge on any atom is 0.356 e. The molecule has 6 nitrogen and oxygen atoms in total. The van der Waals surface area contributed by atoms with Crippen molar-refractivity contribution in [3.05, 3.63) is 11.4 Å². The summed E-state index contributed by atoms with van der Waals surface area (Å²) in [6, 6.07) is 0. The van der Waals surface area contributed by atoms with Crippen LogP contribution in [-0.2, 0) is 16.3 Å². The van der Waals surface area contributed by atoms with Crippen LogP contribution in [0.5, 0.6) is 0 Å². The number of nitrogens with zero attached hydrogens (tertiary/aromatic N) is 1. The Labute approximate surface area is 100.0 Å². The highest BCUT2D eigenvalue weighted by Crippen LogP contribution is 2.22. The molecule has 0 aliphatic heterocycles. The fraction of sp³-hybridized carbons (Fsp3) is 0.600. The SMILES string of the molecule is CC(C)(C)Cc1[nH]c(S(C)(=O)=O)nc1C(=O)O. The number of hydrogen-bond donors (Lipinski definition) is 2. The van der Waals surface area contributed by atoms with Gasteiger partial charge in [-0.1, -0.05) is 20.8 Å². The average molecular weight is 260 g/mol. The quantitative estimate of drug-likeness (QED) is 0.847. The number of rotatable bonds is 3. The zero-order chi connectivity index (χ0) is 13.4. The molecule has 0 amide bonds. The molecule has 0 aliphatic rings. The van der Waals surface area contributed by atoms with E-state index in [1.807, 2.05) is 20.8 Å². The Hall–Kier alpha value is -1.37. The minimum Gasteiger partial charge on any atom is -0.476 e. The number of nitrogens with one attached hydrogen (secondary N) is 1. The zero-order valence-corrected chi connectivity index (χ0v) is 11.1. The normalized spacial score (nSPS) is 12.7. The lowest BCUT2D eigenvalue weighted by molar-refractivity contribution is 0.0689. The van der Waals surface area contributed by atoms with E-state index < -0.39 is 15.8 Å². The molecule has 7 heteroatoms. The number of hydrogen-bond acceptors (Lipinski definition) is 4. The van der Waals surface area contributed by atoms with Crippen LogP contribution in [0.1, 0.15) is 37.0 Å². The monoisotopic (exact) mass is 260 g/mol. The number of H-pyrrole nitrogens is 1. The molecule has 0 saturated heterocycles. The maximum absolute atomic E-state index is 11.3. The van der Waals surface area contributed by atoms with E-state index in [9.17, 15) is 13.2 Å². The van der Waals surface area contributed by atoms with Gasteiger partial charge in [0.2, 0.25) is 15.0 Å². The van der Waals surface area contributed by atoms with Gasteiger partial charge in [0.15, 0.2) is 5.69 Å². The second-order valence-corrected chi connectivity index (χ2v) is 7.11. The highest BCUT2D eigenvalue weighted by atomic mass is 32.2. The third-order valence-electron chi connectivity index (χ3n) is 2.02. The Morgan fingerprint density at radius 3 is 2.29 bits per heavy atom. The van der Waals surface area contributed by atoms with Crippen molar-refractivity contribution < 1.29 is 18.3 Å². The summed E-state index contributed by atoms with van der Waals surface area (Å²) in [4.78, 5) is 17.2. The summed E-state index contributed by atoms with van der Waals surface area (Å²) in [5, 5.41) is 8.67. The van der Waals surface area contributed by atoms with Gasteiger partial charge in [-0.3, -0.25) is 0 Å². The molecule has 1 aromatic rings. The van der Waals surface area contributed by atoms with Gasteiger partial charge in [-0.25, -0.2) is 18.2 Å². The predicted octanol–water partition coefficient (Wildman–Crippen LogP) is 1.10. The van der Waals surface area contributed by atoms with Crippen LogP contribution in [0.4, 0.5) is 0 Å². The fourth-order valence-corrected chi connectivity index (χ4v) is 1.96. The summed E-state index contributed by atoms with van der Waals surface area (Å²) in [6.07, 6.45) is 1.40. The van der Waals surface area contributed by atoms with Gasteiger partial charge < -0.3 is 10.1 Å². The summed E-state index contributed by atoms with van der Waals surface area (Å²) in [6.45, 7) is 5.79. The Morgan fingerprint density at radius 2 is 1.94 bits per heavy atom. The molecule has 0 bridgehead atoms. The van der Waals surface area contributed by atoms with Crippen molar-refractivity contribution in [2.75, 3.05) is 6.26 Å². The largest absolute Gasteiger partial charge is 0.476 e. The first-order valence-corrected chi connectivity index (χ1v) is 6.92. The first kappa shape index (κ1) is 13.7. The number of carboxylic acid groups (broad SMARTS) is 1. The van der Waals surface area contributed by atoms with Crippen LogP contribution in [0, 0.1) is 5.41 Å². The van der Waals surface area contributed by atoms with E-state index in [1.165, 1.54) is 0 Å². The molecule has 2 N–H and O–H groups in total. The van der Waals surface area contributed by atoms with E-state index >= 15 is 0 Å². The van der Waals surface area contributed by atoms with Gasteiger partial charge in [0.25, 0.3) is 0 Å². The number of imidazole rings is 1. The van der Waals surface area contributed by atoms with Crippen LogP contribution in [-0.4, -0.2) is 35.7 Å². The molecule has 0 spiro atoms. The lowest BCUT2D eigenvalue weighted by Crippen LogP contribution is -2.13. The molecular formula is C10H16N2O4S. The first-order valence-electron chi connectivity index (χ1n) is 5.03. The summed E-state index contributed by atoms with van der Waals surface area (Å²) < 4.78 is 22.6. The summed E-state index contributed by atoms with van der Waals surface area (Å²) in [5.74, 6) is -1.23. The maximum atomic E-state index is 11.3. The van der Waals surface area contributed by atoms with Gasteiger partial charge in [0.05, 0.1) is 5.69 Å². The van der Waals surface area contributed by atoms with Crippen LogP contribution in [0.3, 0.4) is 0 Å². The topological polar surface area (TPSA) is 100 Å². The van der Waals surface area contributed by atoms with Gasteiger partial charge >= 0.3 is 5.97 Å². The van der Waals surface area contributed by atoms with Gasteiger partial charge in [0, 0.05) is 6.26 Å². The Balaban J connectivity index is 3.29. The molecule has 0 saturated carbocycles. The van der Waals surface area contributed by atoms with E-state index in [0.717, 1.165) is 6.26 Å². The molecule has 0 fully saturated rings. The summed E-state index contributed by atoms with van der Waals surface area (Å²) >= 11 is 0. The number of sulfone groups is 1. The van der Waals surface area contributed by atoms with Crippen molar-refractivity contribution in [1.82, 2.24) is 9.97 Å². The lowest BCUT2D eigenvalue weighted by Gasteiger charge is -2.16. The second-order valence-electron chi connectivity index (χ2n) is 5.18. The highest BCUT2D eigenvalue weighted by molar-refractivity contribution is 7.90. The van der Waals surface area contributed by atoms with Crippen LogP contribution in [0.2, 0.25) is 0 Å². The number of carboxylic acids is 1. The molecule has 1 heterocycles. The third kappa shape index (κ3) is 3.55. The van der Waals surface area contributed by atoms with Crippen LogP contribution < -0.4 is 0 Å². The molecular weight excluding hydrogens is 244 g/mol. The van der Waals surface area contributed by atoms with Gasteiger partial charge in [-0.2, -0.15) is 0 Å². The average Bonchev–Trinajstić information content (AvgIpc) is 2.43. The number of aromatic carboxylic acids is 1. The van der Waals surface area contributed by atoms with E-state index in [0.29, 0.717) is 12.1 Å². The minimum atomic E-state index is -3.52. The van der Waals surface area contributed by atoms with Crippen LogP contribution in [0.15, 0.2) is 5.16 Å². The van der Waals surface area contributed by atoms with Crippen molar-refractivity contribution >= 4 is 15.8 Å². The highest BCUT2D eigenvalue weighted by Gasteiger charge is 2.24. The standard InChI is InChI=1S/C10H16N2O4S/c1-10(2,3)5-6-7(8(13)14)12-9(11-6)17(4,15)16/h5H2,1-4H3,(H,11,12)(H,13,14). The second kappa shape index (κ2) is 4.14. The molecule has 96 valence electrons. The molecule has 0 radical (unpaired) electrons. The predicted molar refractivity (Wildman–Crippen MR) is 61.8 cm³/mol. The molecule has 1 aromatic heterocycles. The van der Waals surface area contributed by atoms with Crippen LogP contribution >= 0.6 is 0 Å². The lowest BCUT2D eigenvalue weighted by atomic mass is 9.90. The molecule has 0 atom stereocenters. The molecule has 0 aliphatic carbocycles. The minimum absolute atomic E-state index is 0.161. The van der Waals surface area contributed by atoms with E-state index in [2.05, 4.69) is 9.97 Å². The summed E-state index contributed by atoms with van der Waals surface area (Å²) in [5.41, 5.74) is -0.0447. The van der Waals surface area contributed by atoms with Crippen LogP contribution in [0.25, 0.3) is 0 Å². The van der Waals surface area contributed by atoms with Gasteiger partial charge in [-0.05, 0) is 11.8 Å². The number of carbonyl (C=O) groups is 1. The molecule has 0 unspecified atom stereocenters. The van der Waals surface area contributed by atoms with Gasteiger partial charge in [0.1, 0.15) is 0 Å². The van der Waals surface area contributed by atoms with Gasteiger partial charge in [-0.15, -0.1) is 0 Å². The Kier molecular flexibility index (Phi) is 3.33. The van der Waals surface area contributed by atoms with Crippen molar-refractivity contribution in [3.8, 4) is 0 Å². The number of aromatic amines is 1. The number of aromatic nitrogens is 2. The van der Waals surface area contributed by atoms with Crippen molar-refractivity contribution in [3.63, 3.8) is 0 Å². The van der Waals surface area contributed by atoms with Crippen molar-refractivity contribution in [1.29, 1.82) is 0 Å². The zero-order valence-electron chi connectivity index (χ0n) is 10.2. The third-order valence-corrected chi connectivity index (χ3v) is 2.91. The Bertz CT molecular complexity index is 537. The molecule has 1 rings (SSSR count). The first-order chi connectivity index (χ1) is 7.50. The smallest absolute Gasteiger partial charge is 0.356 e. The van der Waals surface area contributed by atoms with Crippen molar-refractivity contribution in [2.45, 2.75) is 32.3 Å². The van der Waals surface area contributed by atoms with E-state index in [-0.39, 0.29) is 16.3 Å². The van der Waals surface area contributed by atoms with E-state index in [1.54, 1.807) is 0 Å². The fourth-order valence-electron chi connectivity index (χ4n) is 1.40. The molecule has 17 heavy (non-hydrogen) atoms. The van der Waals surface area contributed by atoms with E-state index in [4.69, 9.17) is 5.11 Å². The Morgan fingerprint density at radius 1 is 1.41 bits per heavy atom. The molecule has 0 aromatic carbocycles. The summed E-state index contributed by atoms with van der Waals surface area (Å²) in [7, 11) is -3.52. The van der Waals surface area contributed by atoms with Crippen molar-refractivity contribution in [2.24, 2.45) is 5.41 Å².